The van der Waals surface area contributed by atoms with Gasteiger partial charge in [0.05, 0.1) is 6.26 Å². The number of furan rings is 1. The molecule has 2 heterocycles. The fraction of sp³-hybridized carbons (Fsp3) is 0.571. The number of imide groups is 1. The van der Waals surface area contributed by atoms with E-state index in [0.29, 0.717) is 12.3 Å². The van der Waals surface area contributed by atoms with Crippen molar-refractivity contribution in [3.05, 3.63) is 24.2 Å². The third-order valence-corrected chi connectivity index (χ3v) is 4.49. The Morgan fingerprint density at radius 3 is 2.95 bits per heavy atom. The maximum Gasteiger partial charge on any atom is 0.325 e. The van der Waals surface area contributed by atoms with Crippen molar-refractivity contribution >= 4 is 11.9 Å². The topological polar surface area (TPSA) is 88.6 Å². The number of nitrogens with zero attached hydrogens (tertiary/aromatic N) is 1. The largest absolute Gasteiger partial charge is 0.466 e. The van der Waals surface area contributed by atoms with Crippen molar-refractivity contribution in [3.63, 3.8) is 0 Å². The number of nitrogens with one attached hydrogen (secondary N) is 1. The Bertz CT molecular complexity index is 528. The van der Waals surface area contributed by atoms with Crippen LogP contribution in [-0.4, -0.2) is 29.4 Å². The Morgan fingerprint density at radius 1 is 1.50 bits per heavy atom. The Labute approximate surface area is 117 Å². The normalized spacial score (nSPS) is 33.8. The van der Waals surface area contributed by atoms with Gasteiger partial charge < -0.3 is 15.5 Å². The van der Waals surface area contributed by atoms with Crippen molar-refractivity contribution in [2.45, 2.75) is 37.8 Å². The summed E-state index contributed by atoms with van der Waals surface area (Å²) in [7, 11) is 0. The molecular formula is C14H19N3O3. The molecule has 108 valence electrons. The van der Waals surface area contributed by atoms with Crippen LogP contribution in [0.1, 0.15) is 31.9 Å². The lowest BCUT2D eigenvalue weighted by Gasteiger charge is -2.27. The summed E-state index contributed by atoms with van der Waals surface area (Å²) < 4.78 is 5.32. The molecule has 3 amide bonds. The molecule has 0 bridgehead atoms. The van der Waals surface area contributed by atoms with Gasteiger partial charge in [0.15, 0.2) is 5.54 Å². The summed E-state index contributed by atoms with van der Waals surface area (Å²) in [6, 6.07) is 2.97. The monoisotopic (exact) mass is 277 g/mol. The molecular weight excluding hydrogens is 258 g/mol. The second-order valence-corrected chi connectivity index (χ2v) is 5.70. The first-order valence-corrected chi connectivity index (χ1v) is 6.98. The number of urea groups is 1. The molecule has 3 unspecified atom stereocenters. The molecule has 3 N–H and O–H groups in total. The average Bonchev–Trinajstić information content (AvgIpc) is 3.12. The van der Waals surface area contributed by atoms with Gasteiger partial charge in [0, 0.05) is 6.04 Å². The Morgan fingerprint density at radius 2 is 2.30 bits per heavy atom. The highest BCUT2D eigenvalue weighted by Crippen LogP contribution is 2.36. The molecule has 3 atom stereocenters. The van der Waals surface area contributed by atoms with E-state index in [2.05, 4.69) is 5.32 Å². The van der Waals surface area contributed by atoms with E-state index in [4.69, 9.17) is 10.2 Å². The third kappa shape index (κ3) is 1.75. The lowest BCUT2D eigenvalue weighted by atomic mass is 9.97. The zero-order valence-corrected chi connectivity index (χ0v) is 11.5. The Balaban J connectivity index is 1.91. The van der Waals surface area contributed by atoms with E-state index in [-0.39, 0.29) is 23.9 Å². The van der Waals surface area contributed by atoms with Gasteiger partial charge in [-0.3, -0.25) is 9.69 Å². The minimum atomic E-state index is -1.11. The maximum atomic E-state index is 12.7. The summed E-state index contributed by atoms with van der Waals surface area (Å²) in [6.07, 6.45) is 4.30. The Kier molecular flexibility index (Phi) is 3.05. The maximum absolute atomic E-state index is 12.7. The zero-order valence-electron chi connectivity index (χ0n) is 11.5. The van der Waals surface area contributed by atoms with Gasteiger partial charge in [-0.25, -0.2) is 4.79 Å². The van der Waals surface area contributed by atoms with Gasteiger partial charge in [0.25, 0.3) is 5.91 Å². The van der Waals surface area contributed by atoms with Gasteiger partial charge in [-0.2, -0.15) is 0 Å². The van der Waals surface area contributed by atoms with Crippen LogP contribution in [0.2, 0.25) is 0 Å². The van der Waals surface area contributed by atoms with Crippen molar-refractivity contribution in [1.29, 1.82) is 0 Å². The predicted octanol–water partition coefficient (Wildman–Crippen LogP) is 1.17. The van der Waals surface area contributed by atoms with Gasteiger partial charge in [0.2, 0.25) is 0 Å². The van der Waals surface area contributed by atoms with Crippen molar-refractivity contribution in [3.8, 4) is 0 Å². The van der Waals surface area contributed by atoms with Gasteiger partial charge >= 0.3 is 6.03 Å². The van der Waals surface area contributed by atoms with Crippen molar-refractivity contribution in [2.75, 3.05) is 6.54 Å². The number of hydrogen-bond acceptors (Lipinski definition) is 4. The molecule has 0 radical (unpaired) electrons. The highest BCUT2D eigenvalue weighted by atomic mass is 16.3. The molecule has 1 saturated heterocycles. The quantitative estimate of drug-likeness (QED) is 0.812. The van der Waals surface area contributed by atoms with E-state index in [9.17, 15) is 9.59 Å². The number of amides is 3. The van der Waals surface area contributed by atoms with Crippen LogP contribution in [0.15, 0.2) is 22.8 Å². The fourth-order valence-electron chi connectivity index (χ4n) is 3.32. The number of carbonyl (C=O) groups excluding carboxylic acids is 2. The van der Waals surface area contributed by atoms with Crippen LogP contribution < -0.4 is 11.1 Å². The molecule has 20 heavy (non-hydrogen) atoms. The van der Waals surface area contributed by atoms with Crippen LogP contribution in [0, 0.1) is 5.92 Å². The summed E-state index contributed by atoms with van der Waals surface area (Å²) in [4.78, 5) is 26.3. The highest BCUT2D eigenvalue weighted by molar-refractivity contribution is 6.07. The van der Waals surface area contributed by atoms with Gasteiger partial charge in [-0.15, -0.1) is 0 Å². The second kappa shape index (κ2) is 4.63. The zero-order chi connectivity index (χ0) is 14.3. The van der Waals surface area contributed by atoms with Crippen LogP contribution >= 0.6 is 0 Å². The molecule has 3 rings (SSSR count). The van der Waals surface area contributed by atoms with Crippen LogP contribution in [0.5, 0.6) is 0 Å². The number of nitrogens with two attached hydrogens (primary N) is 1. The SMILES string of the molecule is CC1(c2ccco2)NC(=O)N(C2CCCC2CN)C1=O. The van der Waals surface area contributed by atoms with Crippen molar-refractivity contribution < 1.29 is 14.0 Å². The molecule has 1 aliphatic carbocycles. The van der Waals surface area contributed by atoms with E-state index in [1.165, 1.54) is 11.2 Å². The van der Waals surface area contributed by atoms with E-state index >= 15 is 0 Å². The summed E-state index contributed by atoms with van der Waals surface area (Å²) in [5.74, 6) is 0.409. The third-order valence-electron chi connectivity index (χ3n) is 4.49. The molecule has 1 aromatic rings. The second-order valence-electron chi connectivity index (χ2n) is 5.70. The first-order chi connectivity index (χ1) is 9.58. The van der Waals surface area contributed by atoms with Crippen molar-refractivity contribution in [1.82, 2.24) is 10.2 Å². The number of hydrogen-bond donors (Lipinski definition) is 2. The summed E-state index contributed by atoms with van der Waals surface area (Å²) >= 11 is 0. The Hall–Kier alpha value is -1.82. The molecule has 0 spiro atoms. The van der Waals surface area contributed by atoms with E-state index in [1.807, 2.05) is 0 Å². The first-order valence-electron chi connectivity index (χ1n) is 6.98. The van der Waals surface area contributed by atoms with E-state index in [0.717, 1.165) is 19.3 Å². The molecule has 2 aliphatic rings. The minimum absolute atomic E-state index is 0.0933. The van der Waals surface area contributed by atoms with E-state index in [1.54, 1.807) is 19.1 Å². The summed E-state index contributed by atoms with van der Waals surface area (Å²) in [6.45, 7) is 2.18. The standard InChI is InChI=1S/C14H19N3O3/c1-14(11-6-3-7-20-11)12(18)17(13(19)16-14)10-5-2-4-9(10)8-15/h3,6-7,9-10H,2,4-5,8,15H2,1H3,(H,16,19). The molecule has 1 saturated carbocycles. The molecule has 0 aromatic carbocycles. The minimum Gasteiger partial charge on any atom is -0.466 e. The predicted molar refractivity (Wildman–Crippen MR) is 71.6 cm³/mol. The van der Waals surface area contributed by atoms with Gasteiger partial charge in [-0.1, -0.05) is 6.42 Å². The van der Waals surface area contributed by atoms with Crippen LogP contribution in [0.25, 0.3) is 0 Å². The highest BCUT2D eigenvalue weighted by Gasteiger charge is 2.54. The average molecular weight is 277 g/mol. The lowest BCUT2D eigenvalue weighted by molar-refractivity contribution is -0.133. The van der Waals surface area contributed by atoms with Crippen LogP contribution in [0.4, 0.5) is 4.79 Å². The number of carbonyl (C=O) groups is 2. The molecule has 1 aliphatic heterocycles. The lowest BCUT2D eigenvalue weighted by Crippen LogP contribution is -2.46. The van der Waals surface area contributed by atoms with E-state index < -0.39 is 5.54 Å². The fourth-order valence-corrected chi connectivity index (χ4v) is 3.32. The molecule has 2 fully saturated rings. The molecule has 6 nitrogen and oxygen atoms in total. The smallest absolute Gasteiger partial charge is 0.325 e. The van der Waals surface area contributed by atoms with Gasteiger partial charge in [0.1, 0.15) is 5.76 Å². The first kappa shape index (κ1) is 13.2. The molecule has 1 aromatic heterocycles. The summed E-state index contributed by atoms with van der Waals surface area (Å²) in [5, 5.41) is 2.76. The van der Waals surface area contributed by atoms with Crippen LogP contribution in [-0.2, 0) is 10.3 Å². The number of rotatable bonds is 3. The van der Waals surface area contributed by atoms with Crippen molar-refractivity contribution in [2.24, 2.45) is 11.7 Å². The molecule has 6 heteroatoms. The van der Waals surface area contributed by atoms with Gasteiger partial charge in [-0.05, 0) is 44.4 Å². The summed E-state index contributed by atoms with van der Waals surface area (Å²) in [5.41, 5.74) is 4.65. The van der Waals surface area contributed by atoms with Crippen LogP contribution in [0.3, 0.4) is 0 Å².